The maximum atomic E-state index is 13.2. The number of nitrogens with zero attached hydrogens (tertiary/aromatic N) is 1. The fourth-order valence-electron chi connectivity index (χ4n) is 5.04. The zero-order valence-corrected chi connectivity index (χ0v) is 25.5. The normalized spacial score (nSPS) is 11.3. The number of pyridine rings is 1. The van der Waals surface area contributed by atoms with Crippen LogP contribution in [-0.2, 0) is 24.1 Å². The second-order valence-corrected chi connectivity index (χ2v) is 10.6. The van der Waals surface area contributed by atoms with Crippen molar-refractivity contribution in [3.05, 3.63) is 119 Å². The molecule has 1 amide bonds. The van der Waals surface area contributed by atoms with E-state index >= 15 is 0 Å². The van der Waals surface area contributed by atoms with Crippen LogP contribution in [0.15, 0.2) is 97.2 Å². The Morgan fingerprint density at radius 3 is 2.35 bits per heavy atom. The third-order valence-electron chi connectivity index (χ3n) is 7.38. The average Bonchev–Trinajstić information content (AvgIpc) is 3.02. The Labute approximate surface area is 261 Å². The van der Waals surface area contributed by atoms with Crippen LogP contribution in [0.5, 0.6) is 5.75 Å². The topological polar surface area (TPSA) is 88.5 Å². The van der Waals surface area contributed by atoms with Crippen LogP contribution in [0, 0.1) is 5.92 Å². The predicted octanol–water partition coefficient (Wildman–Crippen LogP) is 7.59. The Kier molecular flexibility index (Phi) is 13.7. The number of hydrogen-bond donors (Lipinski definition) is 2. The number of nitrogens with one attached hydrogen (secondary N) is 1. The van der Waals surface area contributed by atoms with Crippen molar-refractivity contribution in [1.29, 1.82) is 0 Å². The lowest BCUT2D eigenvalue weighted by Gasteiger charge is -2.14. The van der Waals surface area contributed by atoms with Crippen LogP contribution in [-0.4, -0.2) is 35.1 Å². The Morgan fingerprint density at radius 1 is 0.884 bits per heavy atom. The maximum absolute atomic E-state index is 13.2. The zero-order valence-electron chi connectivity index (χ0n) is 24.7. The summed E-state index contributed by atoms with van der Waals surface area (Å²) < 4.78 is 5.85. The van der Waals surface area contributed by atoms with Gasteiger partial charge in [0, 0.05) is 17.3 Å². The zero-order chi connectivity index (χ0) is 29.6. The first-order chi connectivity index (χ1) is 20.5. The molecule has 0 radical (unpaired) electrons. The fourth-order valence-corrected chi connectivity index (χ4v) is 5.04. The highest BCUT2D eigenvalue weighted by Crippen LogP contribution is 2.23. The van der Waals surface area contributed by atoms with Crippen LogP contribution in [0.4, 0.5) is 0 Å². The van der Waals surface area contributed by atoms with E-state index in [1.165, 1.54) is 5.56 Å². The van der Waals surface area contributed by atoms with Gasteiger partial charge in [0.25, 0.3) is 5.91 Å². The Balaban J connectivity index is 0.00000506. The van der Waals surface area contributed by atoms with E-state index in [1.807, 2.05) is 60.7 Å². The summed E-state index contributed by atoms with van der Waals surface area (Å²) in [6.07, 6.45) is 7.52. The molecule has 43 heavy (non-hydrogen) atoms. The molecule has 0 aliphatic carbocycles. The van der Waals surface area contributed by atoms with Crippen molar-refractivity contribution in [1.82, 2.24) is 10.3 Å². The number of rotatable bonds is 16. The number of carbonyl (C=O) groups excluding carboxylic acids is 1. The summed E-state index contributed by atoms with van der Waals surface area (Å²) in [6.45, 7) is 2.76. The van der Waals surface area contributed by atoms with Gasteiger partial charge in [-0.15, -0.1) is 12.4 Å². The molecule has 0 saturated carbocycles. The number of hydrogen-bond acceptors (Lipinski definition) is 4. The van der Waals surface area contributed by atoms with Gasteiger partial charge in [-0.1, -0.05) is 74.4 Å². The van der Waals surface area contributed by atoms with Crippen LogP contribution >= 0.6 is 12.4 Å². The van der Waals surface area contributed by atoms with Crippen molar-refractivity contribution in [3.63, 3.8) is 0 Å². The molecule has 1 unspecified atom stereocenters. The minimum absolute atomic E-state index is 0. The first-order valence-corrected chi connectivity index (χ1v) is 14.8. The minimum atomic E-state index is -0.745. The smallest absolute Gasteiger partial charge is 0.306 e. The molecule has 0 aliphatic rings. The largest absolute Gasteiger partial charge is 0.492 e. The molecule has 0 fully saturated rings. The summed E-state index contributed by atoms with van der Waals surface area (Å²) in [6, 6.07) is 29.7. The molecule has 3 aromatic carbocycles. The Bertz CT molecular complexity index is 1410. The molecule has 1 aromatic heterocycles. The quantitative estimate of drug-likeness (QED) is 0.129. The molecule has 1 heterocycles. The van der Waals surface area contributed by atoms with Gasteiger partial charge in [-0.25, -0.2) is 0 Å². The number of unbranched alkanes of at least 4 members (excludes halogenated alkanes) is 1. The lowest BCUT2D eigenvalue weighted by atomic mass is 9.94. The average molecular weight is 601 g/mol. The van der Waals surface area contributed by atoms with E-state index in [2.05, 4.69) is 47.6 Å². The SMILES string of the molecule is CCCCC(Cc1ccc(OCCNC(=O)c2ccc(-c3ccccn3)cc2CCCc2ccccc2)cc1)C(=O)O.Cl. The van der Waals surface area contributed by atoms with Gasteiger partial charge in [0.1, 0.15) is 12.4 Å². The summed E-state index contributed by atoms with van der Waals surface area (Å²) >= 11 is 0. The van der Waals surface area contributed by atoms with Crippen LogP contribution in [0.1, 0.15) is 59.7 Å². The van der Waals surface area contributed by atoms with Crippen LogP contribution in [0.25, 0.3) is 11.3 Å². The second-order valence-electron chi connectivity index (χ2n) is 10.6. The van der Waals surface area contributed by atoms with E-state index in [0.29, 0.717) is 37.3 Å². The van der Waals surface area contributed by atoms with Crippen LogP contribution < -0.4 is 10.1 Å². The molecule has 0 spiro atoms. The molecule has 7 heteroatoms. The molecule has 4 rings (SSSR count). The van der Waals surface area contributed by atoms with Crippen molar-refractivity contribution in [2.45, 2.75) is 51.9 Å². The van der Waals surface area contributed by atoms with Crippen molar-refractivity contribution in [2.24, 2.45) is 5.92 Å². The van der Waals surface area contributed by atoms with Gasteiger partial charge in [-0.05, 0) is 85.2 Å². The molecule has 2 N–H and O–H groups in total. The minimum Gasteiger partial charge on any atom is -0.492 e. The first-order valence-electron chi connectivity index (χ1n) is 14.8. The standard InChI is InChI=1S/C36H40N2O4.ClH/c1-2-3-13-31(36(40)41)25-28-16-19-32(20-17-28)42-24-23-38-35(39)33-21-18-30(34-15-7-8-22-37-34)26-29(33)14-9-12-27-10-5-4-6-11-27;/h4-8,10-11,15-22,26,31H,2-3,9,12-14,23-25H2,1H3,(H,38,39)(H,40,41);1H. The monoisotopic (exact) mass is 600 g/mol. The maximum Gasteiger partial charge on any atom is 0.306 e. The third-order valence-corrected chi connectivity index (χ3v) is 7.38. The molecule has 226 valence electrons. The molecular formula is C36H41ClN2O4. The molecule has 0 bridgehead atoms. The van der Waals surface area contributed by atoms with Gasteiger partial charge in [0.05, 0.1) is 18.2 Å². The lowest BCUT2D eigenvalue weighted by Crippen LogP contribution is -2.29. The van der Waals surface area contributed by atoms with Gasteiger partial charge in [-0.3, -0.25) is 14.6 Å². The van der Waals surface area contributed by atoms with Gasteiger partial charge in [0.15, 0.2) is 0 Å². The number of ether oxygens (including phenoxy) is 1. The lowest BCUT2D eigenvalue weighted by molar-refractivity contribution is -0.142. The van der Waals surface area contributed by atoms with Gasteiger partial charge >= 0.3 is 5.97 Å². The van der Waals surface area contributed by atoms with Gasteiger partial charge in [-0.2, -0.15) is 0 Å². The number of carboxylic acids is 1. The number of benzene rings is 3. The molecule has 4 aromatic rings. The van der Waals surface area contributed by atoms with E-state index in [4.69, 9.17) is 4.74 Å². The van der Waals surface area contributed by atoms with E-state index in [1.54, 1.807) is 6.20 Å². The molecular weight excluding hydrogens is 560 g/mol. The van der Waals surface area contributed by atoms with Crippen molar-refractivity contribution >= 4 is 24.3 Å². The van der Waals surface area contributed by atoms with Crippen LogP contribution in [0.3, 0.4) is 0 Å². The predicted molar refractivity (Wildman–Crippen MR) is 174 cm³/mol. The van der Waals surface area contributed by atoms with Gasteiger partial charge < -0.3 is 15.2 Å². The second kappa shape index (κ2) is 17.7. The van der Waals surface area contributed by atoms with E-state index < -0.39 is 5.97 Å². The Hall–Kier alpha value is -4.16. The number of amides is 1. The van der Waals surface area contributed by atoms with E-state index in [0.717, 1.165) is 54.5 Å². The highest BCUT2D eigenvalue weighted by Gasteiger charge is 2.17. The summed E-state index contributed by atoms with van der Waals surface area (Å²) in [4.78, 5) is 29.2. The first kappa shape index (κ1) is 33.3. The number of aryl methyl sites for hydroxylation is 2. The number of carboxylic acid groups (broad SMARTS) is 1. The summed E-state index contributed by atoms with van der Waals surface area (Å²) in [5.41, 5.74) is 5.81. The van der Waals surface area contributed by atoms with Crippen molar-refractivity contribution < 1.29 is 19.4 Å². The Morgan fingerprint density at radius 2 is 1.65 bits per heavy atom. The highest BCUT2D eigenvalue weighted by molar-refractivity contribution is 5.96. The molecule has 1 atom stereocenters. The molecule has 0 aliphatic heterocycles. The third kappa shape index (κ3) is 10.6. The summed E-state index contributed by atoms with van der Waals surface area (Å²) in [7, 11) is 0. The highest BCUT2D eigenvalue weighted by atomic mass is 35.5. The van der Waals surface area contributed by atoms with Crippen molar-refractivity contribution in [3.8, 4) is 17.0 Å². The number of aliphatic carboxylic acids is 1. The fraction of sp³-hybridized carbons (Fsp3) is 0.306. The number of aromatic nitrogens is 1. The van der Waals surface area contributed by atoms with E-state index in [9.17, 15) is 14.7 Å². The van der Waals surface area contributed by atoms with Gasteiger partial charge in [0.2, 0.25) is 0 Å². The van der Waals surface area contributed by atoms with E-state index in [-0.39, 0.29) is 24.2 Å². The van der Waals surface area contributed by atoms with Crippen molar-refractivity contribution in [2.75, 3.05) is 13.2 Å². The molecule has 0 saturated heterocycles. The number of carbonyl (C=O) groups is 2. The number of halogens is 1. The molecule has 6 nitrogen and oxygen atoms in total. The summed E-state index contributed by atoms with van der Waals surface area (Å²) in [5, 5.41) is 12.5. The summed E-state index contributed by atoms with van der Waals surface area (Å²) in [5.74, 6) is -0.545. The van der Waals surface area contributed by atoms with Crippen LogP contribution in [0.2, 0.25) is 0 Å².